The summed E-state index contributed by atoms with van der Waals surface area (Å²) in [6, 6.07) is 8.78. The largest absolute Gasteiger partial charge is 0.438 e. The van der Waals surface area contributed by atoms with Crippen LogP contribution in [0.4, 0.5) is 0 Å². The van der Waals surface area contributed by atoms with Crippen molar-refractivity contribution < 1.29 is 9.15 Å². The molecule has 106 valence electrons. The maximum Gasteiger partial charge on any atom is 0.336 e. The summed E-state index contributed by atoms with van der Waals surface area (Å²) in [4.78, 5) is 15.7. The van der Waals surface area contributed by atoms with Crippen molar-refractivity contribution in [3.05, 3.63) is 62.5 Å². The van der Waals surface area contributed by atoms with Crippen LogP contribution in [-0.4, -0.2) is 4.98 Å². The number of ether oxygens (including phenoxy) is 1. The quantitative estimate of drug-likeness (QED) is 0.647. The minimum Gasteiger partial charge on any atom is -0.438 e. The fourth-order valence-electron chi connectivity index (χ4n) is 2.08. The lowest BCUT2D eigenvalue weighted by Gasteiger charge is -2.08. The molecule has 0 fully saturated rings. The molecule has 0 N–H and O–H groups in total. The van der Waals surface area contributed by atoms with Crippen LogP contribution in [0.5, 0.6) is 11.6 Å². The highest BCUT2D eigenvalue weighted by Crippen LogP contribution is 2.30. The summed E-state index contributed by atoms with van der Waals surface area (Å²) in [5.41, 5.74) is 2.05. The summed E-state index contributed by atoms with van der Waals surface area (Å²) in [6.45, 7) is 3.83. The molecule has 2 heterocycles. The zero-order valence-corrected chi connectivity index (χ0v) is 13.1. The topological polar surface area (TPSA) is 52.3 Å². The van der Waals surface area contributed by atoms with Gasteiger partial charge in [-0.1, -0.05) is 0 Å². The smallest absolute Gasteiger partial charge is 0.336 e. The molecule has 1 aromatic carbocycles. The van der Waals surface area contributed by atoms with Gasteiger partial charge in [0, 0.05) is 23.7 Å². The van der Waals surface area contributed by atoms with Crippen LogP contribution < -0.4 is 10.4 Å². The highest BCUT2D eigenvalue weighted by molar-refractivity contribution is 9.10. The zero-order valence-electron chi connectivity index (χ0n) is 11.5. The number of rotatable bonds is 2. The standard InChI is InChI=1S/C16H12BrNO3/c1-9-5-13(17)16(18-8-9)20-11-3-4-12-10(2)6-15(19)21-14(12)7-11/h3-8H,1-2H3. The molecule has 5 heteroatoms. The second kappa shape index (κ2) is 5.33. The van der Waals surface area contributed by atoms with Crippen molar-refractivity contribution in [3.8, 4) is 11.6 Å². The van der Waals surface area contributed by atoms with Crippen molar-refractivity contribution in [1.29, 1.82) is 0 Å². The molecule has 0 aliphatic rings. The highest BCUT2D eigenvalue weighted by atomic mass is 79.9. The van der Waals surface area contributed by atoms with Gasteiger partial charge in [0.25, 0.3) is 0 Å². The van der Waals surface area contributed by atoms with Crippen LogP contribution >= 0.6 is 15.9 Å². The number of pyridine rings is 1. The first-order valence-electron chi connectivity index (χ1n) is 6.37. The van der Waals surface area contributed by atoms with E-state index in [1.807, 2.05) is 32.0 Å². The molecule has 3 rings (SSSR count). The van der Waals surface area contributed by atoms with E-state index >= 15 is 0 Å². The van der Waals surface area contributed by atoms with E-state index in [2.05, 4.69) is 20.9 Å². The number of nitrogens with zero attached hydrogens (tertiary/aromatic N) is 1. The Morgan fingerprint density at radius 3 is 2.76 bits per heavy atom. The molecule has 0 radical (unpaired) electrons. The highest BCUT2D eigenvalue weighted by Gasteiger charge is 2.08. The van der Waals surface area contributed by atoms with Gasteiger partial charge in [-0.05, 0) is 59.1 Å². The minimum atomic E-state index is -0.369. The van der Waals surface area contributed by atoms with Crippen LogP contribution in [-0.2, 0) is 0 Å². The number of hydrogen-bond donors (Lipinski definition) is 0. The number of benzene rings is 1. The lowest BCUT2D eigenvalue weighted by atomic mass is 10.1. The van der Waals surface area contributed by atoms with Crippen molar-refractivity contribution in [2.24, 2.45) is 0 Å². The summed E-state index contributed by atoms with van der Waals surface area (Å²) in [7, 11) is 0. The molecule has 3 aromatic rings. The molecule has 0 aliphatic heterocycles. The van der Waals surface area contributed by atoms with Gasteiger partial charge in [0.2, 0.25) is 5.88 Å². The normalized spacial score (nSPS) is 10.8. The first-order valence-corrected chi connectivity index (χ1v) is 7.17. The average molecular weight is 346 g/mol. The fraction of sp³-hybridized carbons (Fsp3) is 0.125. The molecule has 0 spiro atoms. The van der Waals surface area contributed by atoms with Crippen molar-refractivity contribution >= 4 is 26.9 Å². The molecule has 0 atom stereocenters. The van der Waals surface area contributed by atoms with E-state index in [1.165, 1.54) is 6.07 Å². The van der Waals surface area contributed by atoms with E-state index in [4.69, 9.17) is 9.15 Å². The van der Waals surface area contributed by atoms with E-state index in [0.29, 0.717) is 17.2 Å². The van der Waals surface area contributed by atoms with Crippen LogP contribution in [0.1, 0.15) is 11.1 Å². The molecule has 0 aliphatic carbocycles. The van der Waals surface area contributed by atoms with E-state index in [9.17, 15) is 4.79 Å². The SMILES string of the molecule is Cc1cnc(Oc2ccc3c(C)cc(=O)oc3c2)c(Br)c1. The van der Waals surface area contributed by atoms with E-state index in [-0.39, 0.29) is 5.63 Å². The van der Waals surface area contributed by atoms with Gasteiger partial charge in [0.1, 0.15) is 11.3 Å². The second-order valence-electron chi connectivity index (χ2n) is 4.81. The third-order valence-corrected chi connectivity index (χ3v) is 3.65. The molecular weight excluding hydrogens is 334 g/mol. The maximum absolute atomic E-state index is 11.4. The lowest BCUT2D eigenvalue weighted by Crippen LogP contribution is -1.98. The van der Waals surface area contributed by atoms with Crippen molar-refractivity contribution in [1.82, 2.24) is 4.98 Å². The van der Waals surface area contributed by atoms with Crippen molar-refractivity contribution in [3.63, 3.8) is 0 Å². The van der Waals surface area contributed by atoms with Gasteiger partial charge in [-0.15, -0.1) is 0 Å². The zero-order chi connectivity index (χ0) is 15.0. The number of hydrogen-bond acceptors (Lipinski definition) is 4. The van der Waals surface area contributed by atoms with Crippen LogP contribution in [0, 0.1) is 13.8 Å². The first kappa shape index (κ1) is 13.8. The van der Waals surface area contributed by atoms with Crippen LogP contribution in [0.15, 0.2) is 50.2 Å². The van der Waals surface area contributed by atoms with Crippen molar-refractivity contribution in [2.75, 3.05) is 0 Å². The minimum absolute atomic E-state index is 0.369. The van der Waals surface area contributed by atoms with Gasteiger partial charge >= 0.3 is 5.63 Å². The van der Waals surface area contributed by atoms with E-state index < -0.39 is 0 Å². The van der Waals surface area contributed by atoms with Gasteiger partial charge < -0.3 is 9.15 Å². The Morgan fingerprint density at radius 1 is 1.19 bits per heavy atom. The van der Waals surface area contributed by atoms with Crippen LogP contribution in [0.25, 0.3) is 11.0 Å². The van der Waals surface area contributed by atoms with Gasteiger partial charge in [0.15, 0.2) is 0 Å². The third kappa shape index (κ3) is 2.83. The van der Waals surface area contributed by atoms with Crippen LogP contribution in [0.3, 0.4) is 0 Å². The van der Waals surface area contributed by atoms with Gasteiger partial charge in [-0.25, -0.2) is 9.78 Å². The third-order valence-electron chi connectivity index (χ3n) is 3.08. The number of halogens is 1. The molecule has 2 aromatic heterocycles. The van der Waals surface area contributed by atoms with Crippen molar-refractivity contribution in [2.45, 2.75) is 13.8 Å². The van der Waals surface area contributed by atoms with Gasteiger partial charge in [-0.2, -0.15) is 0 Å². The lowest BCUT2D eigenvalue weighted by molar-refractivity contribution is 0.458. The average Bonchev–Trinajstić information content (AvgIpc) is 2.41. The van der Waals surface area contributed by atoms with Gasteiger partial charge in [-0.3, -0.25) is 0 Å². The predicted octanol–water partition coefficient (Wildman–Crippen LogP) is 4.36. The summed E-state index contributed by atoms with van der Waals surface area (Å²) in [5, 5.41) is 0.887. The molecular formula is C16H12BrNO3. The Balaban J connectivity index is 2.03. The molecule has 0 saturated carbocycles. The Bertz CT molecular complexity index is 886. The summed E-state index contributed by atoms with van der Waals surface area (Å²) in [5.74, 6) is 1.03. The van der Waals surface area contributed by atoms with E-state index in [1.54, 1.807) is 12.3 Å². The molecule has 0 bridgehead atoms. The van der Waals surface area contributed by atoms with E-state index in [0.717, 1.165) is 21.0 Å². The van der Waals surface area contributed by atoms with Gasteiger partial charge in [0.05, 0.1) is 4.47 Å². The summed E-state index contributed by atoms with van der Waals surface area (Å²) in [6.07, 6.45) is 1.73. The molecule has 4 nitrogen and oxygen atoms in total. The first-order chi connectivity index (χ1) is 10.0. The summed E-state index contributed by atoms with van der Waals surface area (Å²) < 4.78 is 11.7. The monoisotopic (exact) mass is 345 g/mol. The number of fused-ring (bicyclic) bond motifs is 1. The number of aromatic nitrogens is 1. The Kier molecular flexibility index (Phi) is 3.51. The Morgan fingerprint density at radius 2 is 2.00 bits per heavy atom. The summed E-state index contributed by atoms with van der Waals surface area (Å²) >= 11 is 3.42. The Hall–Kier alpha value is -2.14. The molecule has 0 saturated heterocycles. The number of aryl methyl sites for hydroxylation is 2. The second-order valence-corrected chi connectivity index (χ2v) is 5.66. The molecule has 21 heavy (non-hydrogen) atoms. The van der Waals surface area contributed by atoms with Crippen LogP contribution in [0.2, 0.25) is 0 Å². The predicted molar refractivity (Wildman–Crippen MR) is 84.0 cm³/mol. The Labute approximate surface area is 129 Å². The molecule has 0 unspecified atom stereocenters. The molecule has 0 amide bonds. The fourth-order valence-corrected chi connectivity index (χ4v) is 2.62. The maximum atomic E-state index is 11.4.